The van der Waals surface area contributed by atoms with E-state index >= 15 is 0 Å². The minimum absolute atomic E-state index is 0.226. The van der Waals surface area contributed by atoms with Crippen molar-refractivity contribution in [2.45, 2.75) is 12.8 Å². The molecular formula is C25H19FN4O3. The number of carbonyl (C=O) groups excluding carboxylic acids is 3. The van der Waals surface area contributed by atoms with Crippen LogP contribution in [0.15, 0.2) is 79.1 Å². The Morgan fingerprint density at radius 3 is 2.18 bits per heavy atom. The Hall–Kier alpha value is -4.33. The summed E-state index contributed by atoms with van der Waals surface area (Å²) in [5.41, 5.74) is 6.57. The van der Waals surface area contributed by atoms with Gasteiger partial charge in [-0.25, -0.2) is 9.37 Å². The summed E-state index contributed by atoms with van der Waals surface area (Å²) < 4.78 is 15.2. The van der Waals surface area contributed by atoms with E-state index in [1.54, 1.807) is 40.9 Å². The van der Waals surface area contributed by atoms with Crippen LogP contribution in [0, 0.1) is 11.2 Å². The van der Waals surface area contributed by atoms with E-state index in [-0.39, 0.29) is 5.78 Å². The van der Waals surface area contributed by atoms with Crippen LogP contribution in [0.1, 0.15) is 28.9 Å². The summed E-state index contributed by atoms with van der Waals surface area (Å²) >= 11 is 0. The lowest BCUT2D eigenvalue weighted by Crippen LogP contribution is -2.41. The van der Waals surface area contributed by atoms with Gasteiger partial charge in [0, 0.05) is 23.1 Å². The molecule has 164 valence electrons. The number of imidazole rings is 1. The second-order valence-corrected chi connectivity index (χ2v) is 8.01. The minimum Gasteiger partial charge on any atom is -0.369 e. The average Bonchev–Trinajstić information content (AvgIpc) is 3.54. The van der Waals surface area contributed by atoms with Crippen molar-refractivity contribution in [1.82, 2.24) is 9.38 Å². The van der Waals surface area contributed by atoms with E-state index in [9.17, 15) is 18.8 Å². The Bertz CT molecular complexity index is 1390. The van der Waals surface area contributed by atoms with Crippen molar-refractivity contribution >= 4 is 34.6 Å². The highest BCUT2D eigenvalue weighted by Gasteiger charge is 2.57. The molecule has 2 amide bonds. The first-order valence-electron chi connectivity index (χ1n) is 10.4. The maximum atomic E-state index is 13.5. The number of nitrogens with zero attached hydrogens (tertiary/aromatic N) is 3. The van der Waals surface area contributed by atoms with E-state index in [0.29, 0.717) is 41.1 Å². The molecule has 8 heteroatoms. The molecule has 0 atom stereocenters. The molecule has 0 radical (unpaired) electrons. The number of amides is 2. The SMILES string of the molecule is NC(=O)C1(C(=O)N(c2ccc(F)cc2)c2ccc(C(=O)c3cnc4ccccn34)cc2)CC1. The molecule has 7 nitrogen and oxygen atoms in total. The number of primary amides is 1. The van der Waals surface area contributed by atoms with Gasteiger partial charge in [-0.15, -0.1) is 0 Å². The Balaban J connectivity index is 1.51. The van der Waals surface area contributed by atoms with Crippen LogP contribution in [-0.2, 0) is 9.59 Å². The smallest absolute Gasteiger partial charge is 0.247 e. The van der Waals surface area contributed by atoms with Crippen LogP contribution in [0.5, 0.6) is 0 Å². The number of halogens is 1. The number of benzene rings is 2. The maximum absolute atomic E-state index is 13.5. The highest BCUT2D eigenvalue weighted by molar-refractivity contribution is 6.16. The standard InChI is InChI=1S/C25H19FN4O3/c26-17-6-10-19(11-7-17)30(24(33)25(12-13-25)23(27)32)18-8-4-16(5-9-18)22(31)20-15-28-21-3-1-2-14-29(20)21/h1-11,14-15H,12-13H2,(H2,27,32). The van der Waals surface area contributed by atoms with Gasteiger partial charge in [-0.3, -0.25) is 23.7 Å². The second kappa shape index (κ2) is 7.67. The molecule has 0 aliphatic heterocycles. The largest absolute Gasteiger partial charge is 0.369 e. The Morgan fingerprint density at radius 2 is 1.58 bits per heavy atom. The van der Waals surface area contributed by atoms with Crippen molar-refractivity contribution < 1.29 is 18.8 Å². The molecule has 4 aromatic rings. The van der Waals surface area contributed by atoms with E-state index < -0.39 is 23.0 Å². The fraction of sp³-hybridized carbons (Fsp3) is 0.120. The lowest BCUT2D eigenvalue weighted by Gasteiger charge is -2.26. The first-order chi connectivity index (χ1) is 15.9. The maximum Gasteiger partial charge on any atom is 0.247 e. The molecule has 1 saturated carbocycles. The van der Waals surface area contributed by atoms with Crippen LogP contribution in [-0.4, -0.2) is 27.0 Å². The zero-order valence-corrected chi connectivity index (χ0v) is 17.4. The summed E-state index contributed by atoms with van der Waals surface area (Å²) in [5.74, 6) is -1.83. The average molecular weight is 442 g/mol. The van der Waals surface area contributed by atoms with Gasteiger partial charge >= 0.3 is 0 Å². The van der Waals surface area contributed by atoms with Gasteiger partial charge in [0.05, 0.1) is 6.20 Å². The number of rotatable bonds is 6. The summed E-state index contributed by atoms with van der Waals surface area (Å²) in [6.07, 6.45) is 4.01. The molecule has 33 heavy (non-hydrogen) atoms. The van der Waals surface area contributed by atoms with Crippen LogP contribution >= 0.6 is 0 Å². The number of pyridine rings is 1. The highest BCUT2D eigenvalue weighted by atomic mass is 19.1. The fourth-order valence-corrected chi connectivity index (χ4v) is 3.89. The van der Waals surface area contributed by atoms with Crippen LogP contribution in [0.4, 0.5) is 15.8 Å². The molecule has 1 aliphatic rings. The van der Waals surface area contributed by atoms with Gasteiger partial charge in [-0.05, 0) is 73.5 Å². The molecule has 2 N–H and O–H groups in total. The highest BCUT2D eigenvalue weighted by Crippen LogP contribution is 2.49. The van der Waals surface area contributed by atoms with Gasteiger partial charge in [0.2, 0.25) is 17.6 Å². The fourth-order valence-electron chi connectivity index (χ4n) is 3.89. The van der Waals surface area contributed by atoms with Gasteiger partial charge in [-0.1, -0.05) is 6.07 Å². The normalized spacial score (nSPS) is 14.1. The third-order valence-corrected chi connectivity index (χ3v) is 5.96. The summed E-state index contributed by atoms with van der Waals surface area (Å²) in [6, 6.07) is 17.3. The molecule has 0 unspecified atom stereocenters. The number of hydrogen-bond acceptors (Lipinski definition) is 4. The van der Waals surface area contributed by atoms with Crippen LogP contribution in [0.2, 0.25) is 0 Å². The molecular weight excluding hydrogens is 423 g/mol. The first kappa shape index (κ1) is 20.6. The third kappa shape index (κ3) is 3.45. The number of nitrogens with two attached hydrogens (primary N) is 1. The topological polar surface area (TPSA) is 97.8 Å². The molecule has 0 spiro atoms. The summed E-state index contributed by atoms with van der Waals surface area (Å²) in [4.78, 5) is 44.0. The lowest BCUT2D eigenvalue weighted by atomic mass is 10.0. The monoisotopic (exact) mass is 442 g/mol. The minimum atomic E-state index is -1.26. The predicted octanol–water partition coefficient (Wildman–Crippen LogP) is 3.63. The quantitative estimate of drug-likeness (QED) is 0.364. The molecule has 1 aliphatic carbocycles. The Morgan fingerprint density at radius 1 is 0.939 bits per heavy atom. The molecule has 0 bridgehead atoms. The Labute approximate surface area is 188 Å². The van der Waals surface area contributed by atoms with Crippen molar-refractivity contribution in [1.29, 1.82) is 0 Å². The summed E-state index contributed by atoms with van der Waals surface area (Å²) in [7, 11) is 0. The number of ketones is 1. The molecule has 2 heterocycles. The van der Waals surface area contributed by atoms with Gasteiger partial charge in [0.25, 0.3) is 0 Å². The zero-order valence-electron chi connectivity index (χ0n) is 17.4. The van der Waals surface area contributed by atoms with Crippen molar-refractivity contribution in [3.8, 4) is 0 Å². The van der Waals surface area contributed by atoms with E-state index in [1.807, 2.05) is 12.1 Å². The predicted molar refractivity (Wildman–Crippen MR) is 119 cm³/mol. The van der Waals surface area contributed by atoms with Gasteiger partial charge in [-0.2, -0.15) is 0 Å². The van der Waals surface area contributed by atoms with Crippen molar-refractivity contribution in [2.75, 3.05) is 4.90 Å². The summed E-state index contributed by atoms with van der Waals surface area (Å²) in [6.45, 7) is 0. The number of hydrogen-bond donors (Lipinski definition) is 1. The lowest BCUT2D eigenvalue weighted by molar-refractivity contribution is -0.133. The van der Waals surface area contributed by atoms with Gasteiger partial charge in [0.1, 0.15) is 22.6 Å². The molecule has 2 aromatic carbocycles. The molecule has 2 aromatic heterocycles. The number of aromatic nitrogens is 2. The van der Waals surface area contributed by atoms with Crippen LogP contribution in [0.25, 0.3) is 5.65 Å². The van der Waals surface area contributed by atoms with Gasteiger partial charge < -0.3 is 5.73 Å². The Kier molecular flexibility index (Phi) is 4.78. The van der Waals surface area contributed by atoms with Crippen molar-refractivity contribution in [3.63, 3.8) is 0 Å². The number of anilines is 2. The van der Waals surface area contributed by atoms with E-state index in [1.165, 1.54) is 35.4 Å². The first-order valence-corrected chi connectivity index (χ1v) is 10.4. The van der Waals surface area contributed by atoms with Gasteiger partial charge in [0.15, 0.2) is 0 Å². The van der Waals surface area contributed by atoms with E-state index in [4.69, 9.17) is 5.73 Å². The van der Waals surface area contributed by atoms with E-state index in [0.717, 1.165) is 0 Å². The molecule has 1 fully saturated rings. The van der Waals surface area contributed by atoms with Crippen molar-refractivity contribution in [3.05, 3.63) is 96.2 Å². The van der Waals surface area contributed by atoms with Crippen LogP contribution < -0.4 is 10.6 Å². The second-order valence-electron chi connectivity index (χ2n) is 8.01. The summed E-state index contributed by atoms with van der Waals surface area (Å²) in [5, 5.41) is 0. The number of fused-ring (bicyclic) bond motifs is 1. The van der Waals surface area contributed by atoms with Crippen molar-refractivity contribution in [2.24, 2.45) is 11.1 Å². The molecule has 5 rings (SSSR count). The third-order valence-electron chi connectivity index (χ3n) is 5.96. The van der Waals surface area contributed by atoms with E-state index in [2.05, 4.69) is 4.98 Å². The zero-order chi connectivity index (χ0) is 23.2. The van der Waals surface area contributed by atoms with Crippen LogP contribution in [0.3, 0.4) is 0 Å². The molecule has 0 saturated heterocycles. The number of carbonyl (C=O) groups is 3.